The first-order valence-electron chi connectivity index (χ1n) is 7.85. The van der Waals surface area contributed by atoms with E-state index in [2.05, 4.69) is 10.2 Å². The van der Waals surface area contributed by atoms with Gasteiger partial charge in [0.2, 0.25) is 5.91 Å². The Hall–Kier alpha value is -2.80. The molecule has 6 nitrogen and oxygen atoms in total. The molecule has 2 aromatic carbocycles. The van der Waals surface area contributed by atoms with Crippen LogP contribution < -0.4 is 4.90 Å². The second-order valence-electron chi connectivity index (χ2n) is 5.60. The van der Waals surface area contributed by atoms with E-state index in [4.69, 9.17) is 4.42 Å². The van der Waals surface area contributed by atoms with Crippen LogP contribution in [-0.4, -0.2) is 33.5 Å². The van der Waals surface area contributed by atoms with Crippen LogP contribution in [0.1, 0.15) is 5.56 Å². The quantitative estimate of drug-likeness (QED) is 0.726. The van der Waals surface area contributed by atoms with Gasteiger partial charge in [-0.15, -0.1) is 10.2 Å². The predicted octanol–water partition coefficient (Wildman–Crippen LogP) is 3.12. The minimum Gasteiger partial charge on any atom is -0.507 e. The summed E-state index contributed by atoms with van der Waals surface area (Å²) < 4.78 is 5.54. The number of hydrogen-bond donors (Lipinski definition) is 1. The van der Waals surface area contributed by atoms with E-state index in [1.54, 1.807) is 29.2 Å². The Balaban J connectivity index is 1.43. The Morgan fingerprint density at radius 1 is 1.16 bits per heavy atom. The molecule has 126 valence electrons. The largest absolute Gasteiger partial charge is 0.507 e. The number of nitrogens with zero attached hydrogens (tertiary/aromatic N) is 3. The molecule has 0 aliphatic carbocycles. The van der Waals surface area contributed by atoms with E-state index in [1.165, 1.54) is 17.3 Å². The molecule has 7 heteroatoms. The smallest absolute Gasteiger partial charge is 0.277 e. The van der Waals surface area contributed by atoms with Gasteiger partial charge in [0.05, 0.1) is 11.3 Å². The maximum absolute atomic E-state index is 12.5. The van der Waals surface area contributed by atoms with E-state index < -0.39 is 0 Å². The zero-order chi connectivity index (χ0) is 17.2. The fourth-order valence-corrected chi connectivity index (χ4v) is 3.47. The van der Waals surface area contributed by atoms with E-state index >= 15 is 0 Å². The number of thioether (sulfide) groups is 1. The van der Waals surface area contributed by atoms with Gasteiger partial charge in [-0.3, -0.25) is 4.79 Å². The molecule has 1 aliphatic heterocycles. The topological polar surface area (TPSA) is 79.5 Å². The van der Waals surface area contributed by atoms with Crippen LogP contribution in [0.4, 0.5) is 5.69 Å². The Morgan fingerprint density at radius 2 is 1.96 bits per heavy atom. The normalized spacial score (nSPS) is 13.0. The van der Waals surface area contributed by atoms with Gasteiger partial charge in [-0.2, -0.15) is 0 Å². The molecule has 0 saturated carbocycles. The molecule has 1 amide bonds. The van der Waals surface area contributed by atoms with Crippen molar-refractivity contribution in [2.24, 2.45) is 0 Å². The molecule has 0 spiro atoms. The van der Waals surface area contributed by atoms with Crippen molar-refractivity contribution < 1.29 is 14.3 Å². The number of aromatic hydroxyl groups is 1. The van der Waals surface area contributed by atoms with Crippen LogP contribution in [0.5, 0.6) is 5.75 Å². The highest BCUT2D eigenvalue weighted by atomic mass is 32.2. The average Bonchev–Trinajstić information content (AvgIpc) is 3.27. The van der Waals surface area contributed by atoms with Crippen molar-refractivity contribution in [3.05, 3.63) is 54.1 Å². The third kappa shape index (κ3) is 3.10. The van der Waals surface area contributed by atoms with E-state index in [1.807, 2.05) is 24.3 Å². The molecule has 0 unspecified atom stereocenters. The SMILES string of the molecule is O=C(CSc1nnc(-c2ccccc2O)o1)N1CCc2ccccc21. The second-order valence-corrected chi connectivity index (χ2v) is 6.53. The lowest BCUT2D eigenvalue weighted by molar-refractivity contribution is -0.116. The van der Waals surface area contributed by atoms with Crippen LogP contribution in [0, 0.1) is 0 Å². The summed E-state index contributed by atoms with van der Waals surface area (Å²) in [5.74, 6) is 0.542. The number of carbonyl (C=O) groups excluding carboxylic acids is 1. The number of carbonyl (C=O) groups is 1. The summed E-state index contributed by atoms with van der Waals surface area (Å²) in [5.41, 5.74) is 2.65. The summed E-state index contributed by atoms with van der Waals surface area (Å²) >= 11 is 1.20. The van der Waals surface area contributed by atoms with Gasteiger partial charge in [0, 0.05) is 12.2 Å². The third-order valence-corrected chi connectivity index (χ3v) is 4.85. The molecule has 0 radical (unpaired) electrons. The van der Waals surface area contributed by atoms with Gasteiger partial charge in [0.1, 0.15) is 5.75 Å². The molecule has 0 atom stereocenters. The first-order valence-corrected chi connectivity index (χ1v) is 8.84. The highest BCUT2D eigenvalue weighted by molar-refractivity contribution is 7.99. The Labute approximate surface area is 148 Å². The van der Waals surface area contributed by atoms with Crippen LogP contribution in [0.25, 0.3) is 11.5 Å². The van der Waals surface area contributed by atoms with Crippen LogP contribution in [0.3, 0.4) is 0 Å². The summed E-state index contributed by atoms with van der Waals surface area (Å²) in [6.45, 7) is 0.700. The molecule has 4 rings (SSSR count). The minimum atomic E-state index is 0.0114. The molecule has 1 N–H and O–H groups in total. The van der Waals surface area contributed by atoms with Gasteiger partial charge in [-0.25, -0.2) is 0 Å². The number of rotatable bonds is 4. The molecular weight excluding hydrogens is 338 g/mol. The first-order chi connectivity index (χ1) is 12.2. The number of fused-ring (bicyclic) bond motifs is 1. The molecule has 1 aliphatic rings. The maximum atomic E-state index is 12.5. The lowest BCUT2D eigenvalue weighted by Crippen LogP contribution is -2.30. The average molecular weight is 353 g/mol. The number of para-hydroxylation sites is 2. The zero-order valence-corrected chi connectivity index (χ0v) is 14.1. The van der Waals surface area contributed by atoms with Crippen molar-refractivity contribution in [2.45, 2.75) is 11.6 Å². The standard InChI is InChI=1S/C18H15N3O3S/c22-15-8-4-2-6-13(15)17-19-20-18(24-17)25-11-16(23)21-10-9-12-5-1-3-7-14(12)21/h1-8,22H,9-11H2. The van der Waals surface area contributed by atoms with Crippen LogP contribution in [0.2, 0.25) is 0 Å². The van der Waals surface area contributed by atoms with E-state index in [-0.39, 0.29) is 23.3 Å². The number of phenols is 1. The first kappa shape index (κ1) is 15.7. The van der Waals surface area contributed by atoms with Crippen molar-refractivity contribution in [1.29, 1.82) is 0 Å². The molecule has 0 bridgehead atoms. The van der Waals surface area contributed by atoms with Gasteiger partial charge in [0.15, 0.2) is 0 Å². The second kappa shape index (κ2) is 6.60. The number of amides is 1. The third-order valence-electron chi connectivity index (χ3n) is 4.05. The summed E-state index contributed by atoms with van der Waals surface area (Å²) in [7, 11) is 0. The fourth-order valence-electron chi connectivity index (χ4n) is 2.83. The molecule has 2 heterocycles. The van der Waals surface area contributed by atoms with Crippen molar-refractivity contribution in [3.63, 3.8) is 0 Å². The number of hydrogen-bond acceptors (Lipinski definition) is 6. The zero-order valence-electron chi connectivity index (χ0n) is 13.3. The van der Waals surface area contributed by atoms with E-state index in [0.717, 1.165) is 12.1 Å². The van der Waals surface area contributed by atoms with Crippen LogP contribution in [0.15, 0.2) is 58.2 Å². The van der Waals surface area contributed by atoms with Crippen molar-refractivity contribution in [3.8, 4) is 17.2 Å². The Bertz CT molecular complexity index is 925. The van der Waals surface area contributed by atoms with Gasteiger partial charge in [-0.1, -0.05) is 42.1 Å². The number of anilines is 1. The van der Waals surface area contributed by atoms with Crippen molar-refractivity contribution >= 4 is 23.4 Å². The lowest BCUT2D eigenvalue weighted by atomic mass is 10.2. The predicted molar refractivity (Wildman–Crippen MR) is 94.6 cm³/mol. The summed E-state index contributed by atoms with van der Waals surface area (Å²) in [6.07, 6.45) is 0.880. The lowest BCUT2D eigenvalue weighted by Gasteiger charge is -2.16. The van der Waals surface area contributed by atoms with Crippen LogP contribution in [-0.2, 0) is 11.2 Å². The minimum absolute atomic E-state index is 0.0114. The van der Waals surface area contributed by atoms with Crippen LogP contribution >= 0.6 is 11.8 Å². The Kier molecular flexibility index (Phi) is 4.15. The highest BCUT2D eigenvalue weighted by Gasteiger charge is 2.24. The summed E-state index contributed by atoms with van der Waals surface area (Å²) in [5, 5.41) is 18.0. The van der Waals surface area contributed by atoms with Crippen molar-refractivity contribution in [1.82, 2.24) is 10.2 Å². The highest BCUT2D eigenvalue weighted by Crippen LogP contribution is 2.31. The molecular formula is C18H15N3O3S. The van der Waals surface area contributed by atoms with E-state index in [9.17, 15) is 9.90 Å². The molecule has 1 aromatic heterocycles. The van der Waals surface area contributed by atoms with Gasteiger partial charge in [-0.05, 0) is 30.2 Å². The summed E-state index contributed by atoms with van der Waals surface area (Å²) in [4.78, 5) is 14.3. The number of aromatic nitrogens is 2. The van der Waals surface area contributed by atoms with Gasteiger partial charge < -0.3 is 14.4 Å². The van der Waals surface area contributed by atoms with Crippen molar-refractivity contribution in [2.75, 3.05) is 17.2 Å². The fraction of sp³-hybridized carbons (Fsp3) is 0.167. The molecule has 0 fully saturated rings. The van der Waals surface area contributed by atoms with Gasteiger partial charge >= 0.3 is 0 Å². The number of benzene rings is 2. The molecule has 3 aromatic rings. The number of phenolic OH excluding ortho intramolecular Hbond substituents is 1. The molecule has 0 saturated heterocycles. The summed E-state index contributed by atoms with van der Waals surface area (Å²) in [6, 6.07) is 14.7. The Morgan fingerprint density at radius 3 is 2.84 bits per heavy atom. The maximum Gasteiger partial charge on any atom is 0.277 e. The van der Waals surface area contributed by atoms with E-state index in [0.29, 0.717) is 17.3 Å². The molecule has 25 heavy (non-hydrogen) atoms. The van der Waals surface area contributed by atoms with Gasteiger partial charge in [0.25, 0.3) is 11.1 Å². The monoisotopic (exact) mass is 353 g/mol.